The molecule has 0 aromatic carbocycles. The van der Waals surface area contributed by atoms with Gasteiger partial charge in [0, 0.05) is 18.3 Å². The molecule has 96 valence electrons. The molecule has 1 aromatic rings. The van der Waals surface area contributed by atoms with E-state index in [1.165, 1.54) is 0 Å². The van der Waals surface area contributed by atoms with Gasteiger partial charge in [0.2, 0.25) is 0 Å². The minimum Gasteiger partial charge on any atom is -0.351 e. The first-order chi connectivity index (χ1) is 8.17. The molecular formula is C10H19N5OS. The summed E-state index contributed by atoms with van der Waals surface area (Å²) < 4.78 is 1.57. The van der Waals surface area contributed by atoms with Gasteiger partial charge in [-0.05, 0) is 12.7 Å². The Labute approximate surface area is 105 Å². The van der Waals surface area contributed by atoms with E-state index in [1.54, 1.807) is 22.6 Å². The lowest BCUT2D eigenvalue weighted by Gasteiger charge is -2.07. The van der Waals surface area contributed by atoms with Gasteiger partial charge in [-0.2, -0.15) is 11.8 Å². The third-order valence-electron chi connectivity index (χ3n) is 2.37. The largest absolute Gasteiger partial charge is 0.351 e. The molecule has 0 spiro atoms. The Morgan fingerprint density at radius 1 is 1.71 bits per heavy atom. The van der Waals surface area contributed by atoms with Gasteiger partial charge < -0.3 is 11.1 Å². The Balaban J connectivity index is 2.36. The average molecular weight is 257 g/mol. The summed E-state index contributed by atoms with van der Waals surface area (Å²) in [4.78, 5) is 11.7. The van der Waals surface area contributed by atoms with Crippen LogP contribution in [0.25, 0.3) is 0 Å². The van der Waals surface area contributed by atoms with Gasteiger partial charge in [-0.15, -0.1) is 5.10 Å². The smallest absolute Gasteiger partial charge is 0.273 e. The zero-order valence-corrected chi connectivity index (χ0v) is 11.0. The van der Waals surface area contributed by atoms with Gasteiger partial charge in [0.1, 0.15) is 0 Å². The maximum absolute atomic E-state index is 11.7. The van der Waals surface area contributed by atoms with Crippen molar-refractivity contribution in [3.63, 3.8) is 0 Å². The summed E-state index contributed by atoms with van der Waals surface area (Å²) in [6.45, 7) is 3.85. The summed E-state index contributed by atoms with van der Waals surface area (Å²) in [6, 6.07) is 0. The molecule has 0 aliphatic heterocycles. The lowest BCUT2D eigenvalue weighted by molar-refractivity contribution is 0.0948. The van der Waals surface area contributed by atoms with Gasteiger partial charge in [-0.1, -0.05) is 12.1 Å². The molecule has 7 heteroatoms. The number of hydrogen-bond donors (Lipinski definition) is 2. The predicted octanol–water partition coefficient (Wildman–Crippen LogP) is 0.108. The first-order valence-corrected chi connectivity index (χ1v) is 6.87. The fraction of sp³-hybridized carbons (Fsp3) is 0.700. The summed E-state index contributed by atoms with van der Waals surface area (Å²) >= 11 is 1.79. The Bertz CT molecular complexity index is 354. The van der Waals surface area contributed by atoms with E-state index in [9.17, 15) is 4.79 Å². The second-order valence-corrected chi connectivity index (χ2v) is 5.02. The third-order valence-corrected chi connectivity index (χ3v) is 3.41. The summed E-state index contributed by atoms with van der Waals surface area (Å²) in [5.41, 5.74) is 5.73. The third kappa shape index (κ3) is 4.74. The van der Waals surface area contributed by atoms with E-state index in [4.69, 9.17) is 5.73 Å². The summed E-state index contributed by atoms with van der Waals surface area (Å²) in [7, 11) is 0. The molecule has 1 unspecified atom stereocenters. The number of amides is 1. The van der Waals surface area contributed by atoms with Crippen LogP contribution in [0.3, 0.4) is 0 Å². The fourth-order valence-corrected chi connectivity index (χ4v) is 1.59. The fourth-order valence-electron chi connectivity index (χ4n) is 1.24. The zero-order chi connectivity index (χ0) is 12.7. The van der Waals surface area contributed by atoms with E-state index in [-0.39, 0.29) is 5.91 Å². The monoisotopic (exact) mass is 257 g/mol. The van der Waals surface area contributed by atoms with Crippen LogP contribution in [-0.4, -0.2) is 45.5 Å². The highest BCUT2D eigenvalue weighted by Gasteiger charge is 2.10. The van der Waals surface area contributed by atoms with E-state index < -0.39 is 0 Å². The van der Waals surface area contributed by atoms with Crippen LogP contribution in [0.15, 0.2) is 6.20 Å². The van der Waals surface area contributed by atoms with Crippen LogP contribution in [0, 0.1) is 0 Å². The number of carbonyl (C=O) groups is 1. The first kappa shape index (κ1) is 14.0. The molecule has 1 rings (SSSR count). The first-order valence-electron chi connectivity index (χ1n) is 5.58. The molecular weight excluding hydrogens is 238 g/mol. The Morgan fingerprint density at radius 2 is 2.47 bits per heavy atom. The summed E-state index contributed by atoms with van der Waals surface area (Å²) in [5.74, 6) is -0.179. The van der Waals surface area contributed by atoms with Crippen molar-refractivity contribution in [2.45, 2.75) is 25.1 Å². The van der Waals surface area contributed by atoms with E-state index in [0.29, 0.717) is 30.6 Å². The number of nitrogens with two attached hydrogens (primary N) is 1. The number of rotatable bonds is 7. The number of carbonyl (C=O) groups excluding carboxylic acids is 1. The second-order valence-electron chi connectivity index (χ2n) is 3.75. The normalized spacial score (nSPS) is 12.4. The van der Waals surface area contributed by atoms with Crippen LogP contribution in [0.2, 0.25) is 0 Å². The van der Waals surface area contributed by atoms with Crippen molar-refractivity contribution in [2.75, 3.05) is 19.3 Å². The lowest BCUT2D eigenvalue weighted by atomic mass is 10.3. The predicted molar refractivity (Wildman–Crippen MR) is 69.0 cm³/mol. The summed E-state index contributed by atoms with van der Waals surface area (Å²) in [5, 5.41) is 11.0. The van der Waals surface area contributed by atoms with Crippen LogP contribution < -0.4 is 11.1 Å². The van der Waals surface area contributed by atoms with Crippen molar-refractivity contribution in [2.24, 2.45) is 5.73 Å². The molecule has 0 saturated carbocycles. The van der Waals surface area contributed by atoms with Crippen molar-refractivity contribution in [1.29, 1.82) is 0 Å². The highest BCUT2D eigenvalue weighted by Crippen LogP contribution is 2.08. The lowest BCUT2D eigenvalue weighted by Crippen LogP contribution is -2.26. The second kappa shape index (κ2) is 7.29. The number of thioether (sulfide) groups is 1. The molecule has 3 N–H and O–H groups in total. The van der Waals surface area contributed by atoms with Crippen LogP contribution in [0.4, 0.5) is 0 Å². The average Bonchev–Trinajstić information content (AvgIpc) is 2.78. The quantitative estimate of drug-likeness (QED) is 0.724. The van der Waals surface area contributed by atoms with Crippen molar-refractivity contribution < 1.29 is 4.79 Å². The maximum atomic E-state index is 11.7. The van der Waals surface area contributed by atoms with Crippen LogP contribution in [0.1, 0.15) is 23.8 Å². The van der Waals surface area contributed by atoms with Crippen LogP contribution in [-0.2, 0) is 6.54 Å². The SMILES string of the molecule is CSC(C)CCNC(=O)c1cn(CCN)nn1. The Hall–Kier alpha value is -1.08. The molecule has 17 heavy (non-hydrogen) atoms. The van der Waals surface area contributed by atoms with E-state index in [1.807, 2.05) is 0 Å². The van der Waals surface area contributed by atoms with E-state index >= 15 is 0 Å². The van der Waals surface area contributed by atoms with Crippen LogP contribution in [0.5, 0.6) is 0 Å². The zero-order valence-electron chi connectivity index (χ0n) is 10.2. The van der Waals surface area contributed by atoms with Crippen molar-refractivity contribution in [1.82, 2.24) is 20.3 Å². The van der Waals surface area contributed by atoms with E-state index in [0.717, 1.165) is 6.42 Å². The topological polar surface area (TPSA) is 85.8 Å². The molecule has 0 fully saturated rings. The molecule has 6 nitrogen and oxygen atoms in total. The van der Waals surface area contributed by atoms with E-state index in [2.05, 4.69) is 28.8 Å². The molecule has 0 aliphatic carbocycles. The highest BCUT2D eigenvalue weighted by molar-refractivity contribution is 7.99. The number of aromatic nitrogens is 3. The number of hydrogen-bond acceptors (Lipinski definition) is 5. The maximum Gasteiger partial charge on any atom is 0.273 e. The van der Waals surface area contributed by atoms with Crippen molar-refractivity contribution in [3.05, 3.63) is 11.9 Å². The molecule has 0 bridgehead atoms. The number of nitrogens with one attached hydrogen (secondary N) is 1. The highest BCUT2D eigenvalue weighted by atomic mass is 32.2. The van der Waals surface area contributed by atoms with Gasteiger partial charge in [0.15, 0.2) is 5.69 Å². The molecule has 0 saturated heterocycles. The van der Waals surface area contributed by atoms with Crippen molar-refractivity contribution >= 4 is 17.7 Å². The van der Waals surface area contributed by atoms with Crippen LogP contribution >= 0.6 is 11.8 Å². The Morgan fingerprint density at radius 3 is 3.12 bits per heavy atom. The van der Waals surface area contributed by atoms with Crippen molar-refractivity contribution in [3.8, 4) is 0 Å². The molecule has 1 atom stereocenters. The molecule has 1 heterocycles. The standard InChI is InChI=1S/C10H19N5OS/c1-8(17-2)3-5-12-10(16)9-7-15(6-4-11)14-13-9/h7-8H,3-6,11H2,1-2H3,(H,12,16). The number of nitrogens with zero attached hydrogens (tertiary/aromatic N) is 3. The minimum atomic E-state index is -0.179. The summed E-state index contributed by atoms with van der Waals surface area (Å²) in [6.07, 6.45) is 4.62. The molecule has 1 aromatic heterocycles. The minimum absolute atomic E-state index is 0.179. The molecule has 1 amide bonds. The Kier molecular flexibility index (Phi) is 5.99. The van der Waals surface area contributed by atoms with Gasteiger partial charge in [0.25, 0.3) is 5.91 Å². The molecule has 0 radical (unpaired) electrons. The van der Waals surface area contributed by atoms with Gasteiger partial charge in [0.05, 0.1) is 12.7 Å². The van der Waals surface area contributed by atoms with Gasteiger partial charge >= 0.3 is 0 Å². The molecule has 0 aliphatic rings. The van der Waals surface area contributed by atoms with Gasteiger partial charge in [-0.3, -0.25) is 9.48 Å². The van der Waals surface area contributed by atoms with Gasteiger partial charge in [-0.25, -0.2) is 0 Å².